The van der Waals surface area contributed by atoms with Crippen molar-refractivity contribution in [2.75, 3.05) is 0 Å². The second-order valence-electron chi connectivity index (χ2n) is 4.42. The van der Waals surface area contributed by atoms with Crippen molar-refractivity contribution in [2.24, 2.45) is 0 Å². The zero-order valence-corrected chi connectivity index (χ0v) is 10.8. The van der Waals surface area contributed by atoms with Gasteiger partial charge < -0.3 is 5.11 Å². The van der Waals surface area contributed by atoms with Crippen molar-refractivity contribution in [3.8, 4) is 0 Å². The molecule has 7 heteroatoms. The van der Waals surface area contributed by atoms with Gasteiger partial charge in [-0.25, -0.2) is 4.68 Å². The Balaban J connectivity index is 2.25. The second-order valence-corrected chi connectivity index (χ2v) is 4.42. The first-order valence-corrected chi connectivity index (χ1v) is 6.15. The predicted molar refractivity (Wildman–Crippen MR) is 65.8 cm³/mol. The van der Waals surface area contributed by atoms with E-state index in [1.54, 1.807) is 13.0 Å². The first kappa shape index (κ1) is 14.5. The highest BCUT2D eigenvalue weighted by molar-refractivity contribution is 5.29. The van der Waals surface area contributed by atoms with Crippen molar-refractivity contribution >= 4 is 0 Å². The molecule has 0 saturated heterocycles. The number of aliphatic hydroxyl groups is 1. The largest absolute Gasteiger partial charge is 0.416 e. The highest BCUT2D eigenvalue weighted by Crippen LogP contribution is 2.32. The molecule has 1 N–H and O–H groups in total. The highest BCUT2D eigenvalue weighted by Gasteiger charge is 2.32. The molecule has 0 saturated carbocycles. The molecule has 4 nitrogen and oxygen atoms in total. The molecule has 2 aromatic rings. The third-order valence-electron chi connectivity index (χ3n) is 2.94. The van der Waals surface area contributed by atoms with Gasteiger partial charge in [-0.3, -0.25) is 0 Å². The summed E-state index contributed by atoms with van der Waals surface area (Å²) >= 11 is 0. The van der Waals surface area contributed by atoms with Gasteiger partial charge in [-0.2, -0.15) is 13.2 Å². The average Bonchev–Trinajstić information content (AvgIpc) is 2.86. The lowest BCUT2D eigenvalue weighted by atomic mass is 10.1. The van der Waals surface area contributed by atoms with Crippen LogP contribution in [0.1, 0.15) is 36.3 Å². The van der Waals surface area contributed by atoms with Crippen molar-refractivity contribution in [2.45, 2.75) is 32.2 Å². The fourth-order valence-corrected chi connectivity index (χ4v) is 1.86. The van der Waals surface area contributed by atoms with Gasteiger partial charge >= 0.3 is 6.18 Å². The van der Waals surface area contributed by atoms with Crippen LogP contribution in [0.4, 0.5) is 13.2 Å². The molecule has 0 aliphatic heterocycles. The Kier molecular flexibility index (Phi) is 4.08. The molecule has 1 unspecified atom stereocenters. The lowest BCUT2D eigenvalue weighted by Gasteiger charge is -2.12. The number of halogens is 3. The molecule has 20 heavy (non-hydrogen) atoms. The molecule has 0 radical (unpaired) electrons. The Morgan fingerprint density at radius 1 is 1.30 bits per heavy atom. The van der Waals surface area contributed by atoms with Crippen LogP contribution in [0.2, 0.25) is 0 Å². The van der Waals surface area contributed by atoms with Gasteiger partial charge in [-0.05, 0) is 18.1 Å². The van der Waals surface area contributed by atoms with Crippen molar-refractivity contribution in [3.05, 3.63) is 47.3 Å². The van der Waals surface area contributed by atoms with E-state index in [0.29, 0.717) is 12.1 Å². The number of hydrogen-bond acceptors (Lipinski definition) is 3. The van der Waals surface area contributed by atoms with Crippen molar-refractivity contribution in [1.82, 2.24) is 15.0 Å². The minimum Gasteiger partial charge on any atom is -0.387 e. The number of aliphatic hydroxyl groups excluding tert-OH is 1. The molecule has 2 rings (SSSR count). The van der Waals surface area contributed by atoms with E-state index in [1.807, 2.05) is 0 Å². The molecule has 1 aromatic heterocycles. The van der Waals surface area contributed by atoms with E-state index >= 15 is 0 Å². The lowest BCUT2D eigenvalue weighted by Crippen LogP contribution is -2.12. The molecule has 0 aliphatic carbocycles. The van der Waals surface area contributed by atoms with E-state index in [4.69, 9.17) is 0 Å². The van der Waals surface area contributed by atoms with E-state index in [2.05, 4.69) is 10.3 Å². The fraction of sp³-hybridized carbons (Fsp3) is 0.385. The van der Waals surface area contributed by atoms with E-state index in [0.717, 1.165) is 6.07 Å². The summed E-state index contributed by atoms with van der Waals surface area (Å²) in [7, 11) is 0. The van der Waals surface area contributed by atoms with Crippen LogP contribution in [0.15, 0.2) is 30.5 Å². The van der Waals surface area contributed by atoms with E-state index in [1.165, 1.54) is 23.0 Å². The van der Waals surface area contributed by atoms with E-state index < -0.39 is 17.8 Å². The maximum atomic E-state index is 12.9. The van der Waals surface area contributed by atoms with Crippen LogP contribution in [-0.2, 0) is 12.7 Å². The quantitative estimate of drug-likeness (QED) is 0.939. The van der Waals surface area contributed by atoms with Crippen molar-refractivity contribution in [3.63, 3.8) is 0 Å². The molecule has 0 spiro atoms. The number of rotatable bonds is 4. The Labute approximate surface area is 113 Å². The van der Waals surface area contributed by atoms with Gasteiger partial charge in [-0.15, -0.1) is 5.10 Å². The van der Waals surface area contributed by atoms with Gasteiger partial charge in [-0.1, -0.05) is 30.3 Å². The molecule has 1 atom stereocenters. The number of alkyl halides is 3. The van der Waals surface area contributed by atoms with Gasteiger partial charge in [0.05, 0.1) is 24.4 Å². The average molecular weight is 285 g/mol. The zero-order chi connectivity index (χ0) is 14.8. The van der Waals surface area contributed by atoms with Gasteiger partial charge in [0.25, 0.3) is 0 Å². The minimum absolute atomic E-state index is 0.0425. The standard InChI is InChI=1S/C13H14F3N3O/c1-2-12(20)11-8-19(18-17-11)7-9-5-3-4-6-10(9)13(14,15)16/h3-6,8,12,20H,2,7H2,1H3. The smallest absolute Gasteiger partial charge is 0.387 e. The van der Waals surface area contributed by atoms with Gasteiger partial charge in [0.1, 0.15) is 5.69 Å². The Morgan fingerprint density at radius 2 is 2.00 bits per heavy atom. The van der Waals surface area contributed by atoms with Crippen LogP contribution in [0.5, 0.6) is 0 Å². The molecular formula is C13H14F3N3O. The molecule has 1 heterocycles. The summed E-state index contributed by atoms with van der Waals surface area (Å²) in [5, 5.41) is 17.1. The number of hydrogen-bond donors (Lipinski definition) is 1. The van der Waals surface area contributed by atoms with Crippen LogP contribution < -0.4 is 0 Å². The van der Waals surface area contributed by atoms with Gasteiger partial charge in [0.2, 0.25) is 0 Å². The van der Waals surface area contributed by atoms with Crippen molar-refractivity contribution < 1.29 is 18.3 Å². The monoisotopic (exact) mass is 285 g/mol. The van der Waals surface area contributed by atoms with Gasteiger partial charge in [0, 0.05) is 0 Å². The lowest BCUT2D eigenvalue weighted by molar-refractivity contribution is -0.138. The fourth-order valence-electron chi connectivity index (χ4n) is 1.86. The molecular weight excluding hydrogens is 271 g/mol. The van der Waals surface area contributed by atoms with Gasteiger partial charge in [0.15, 0.2) is 0 Å². The number of aromatic nitrogens is 3. The Morgan fingerprint density at radius 3 is 2.65 bits per heavy atom. The topological polar surface area (TPSA) is 50.9 Å². The Bertz CT molecular complexity index is 580. The molecule has 0 fully saturated rings. The molecule has 108 valence electrons. The SMILES string of the molecule is CCC(O)c1cn(Cc2ccccc2C(F)(F)F)nn1. The molecule has 0 aliphatic rings. The summed E-state index contributed by atoms with van der Waals surface area (Å²) in [6.45, 7) is 1.74. The second kappa shape index (κ2) is 5.62. The first-order valence-electron chi connectivity index (χ1n) is 6.15. The first-order chi connectivity index (χ1) is 9.41. The van der Waals surface area contributed by atoms with Crippen LogP contribution in [0.3, 0.4) is 0 Å². The summed E-state index contributed by atoms with van der Waals surface area (Å²) in [5.74, 6) is 0. The molecule has 1 aromatic carbocycles. The van der Waals surface area contributed by atoms with Crippen LogP contribution in [0, 0.1) is 0 Å². The maximum Gasteiger partial charge on any atom is 0.416 e. The third-order valence-corrected chi connectivity index (χ3v) is 2.94. The van der Waals surface area contributed by atoms with E-state index in [9.17, 15) is 18.3 Å². The summed E-state index contributed by atoms with van der Waals surface area (Å²) in [5.41, 5.74) is -0.215. The normalized spacial score (nSPS) is 13.4. The number of benzene rings is 1. The highest BCUT2D eigenvalue weighted by atomic mass is 19.4. The summed E-state index contributed by atoms with van der Waals surface area (Å²) in [4.78, 5) is 0. The minimum atomic E-state index is -4.40. The summed E-state index contributed by atoms with van der Waals surface area (Å²) in [6.07, 6.45) is -3.22. The number of nitrogens with zero attached hydrogens (tertiary/aromatic N) is 3. The predicted octanol–water partition coefficient (Wildman–Crippen LogP) is 2.79. The summed E-state index contributed by atoms with van der Waals surface area (Å²) in [6, 6.07) is 5.33. The Hall–Kier alpha value is -1.89. The summed E-state index contributed by atoms with van der Waals surface area (Å²) < 4.78 is 39.9. The van der Waals surface area contributed by atoms with Crippen LogP contribution >= 0.6 is 0 Å². The van der Waals surface area contributed by atoms with Crippen LogP contribution in [0.25, 0.3) is 0 Å². The zero-order valence-electron chi connectivity index (χ0n) is 10.8. The van der Waals surface area contributed by atoms with Crippen molar-refractivity contribution in [1.29, 1.82) is 0 Å². The molecule has 0 bridgehead atoms. The third kappa shape index (κ3) is 3.16. The molecule has 0 amide bonds. The maximum absolute atomic E-state index is 12.9. The van der Waals surface area contributed by atoms with Crippen LogP contribution in [-0.4, -0.2) is 20.1 Å². The van der Waals surface area contributed by atoms with E-state index in [-0.39, 0.29) is 12.1 Å².